The topological polar surface area (TPSA) is 38.9 Å². The summed E-state index contributed by atoms with van der Waals surface area (Å²) in [4.78, 5) is 4.32. The second-order valence-electron chi connectivity index (χ2n) is 3.39. The molecule has 0 saturated heterocycles. The number of rotatable bonds is 1. The van der Waals surface area contributed by atoms with Gasteiger partial charge in [0.2, 0.25) is 0 Å². The van der Waals surface area contributed by atoms with Crippen molar-refractivity contribution in [2.24, 2.45) is 5.73 Å². The van der Waals surface area contributed by atoms with E-state index in [0.717, 1.165) is 11.4 Å². The van der Waals surface area contributed by atoms with Crippen LogP contribution in [-0.4, -0.2) is 4.98 Å². The van der Waals surface area contributed by atoms with Crippen molar-refractivity contribution in [3.8, 4) is 0 Å². The van der Waals surface area contributed by atoms with Gasteiger partial charge in [-0.1, -0.05) is 6.07 Å². The van der Waals surface area contributed by atoms with E-state index in [4.69, 9.17) is 5.73 Å². The molecular formula is C9H14N2. The second-order valence-corrected chi connectivity index (χ2v) is 3.39. The first-order valence-corrected chi connectivity index (χ1v) is 3.73. The lowest BCUT2D eigenvalue weighted by Gasteiger charge is -2.17. The Labute approximate surface area is 67.5 Å². The van der Waals surface area contributed by atoms with Crippen molar-refractivity contribution in [2.75, 3.05) is 0 Å². The van der Waals surface area contributed by atoms with E-state index in [1.165, 1.54) is 0 Å². The quantitative estimate of drug-likeness (QED) is 0.660. The monoisotopic (exact) mass is 150 g/mol. The van der Waals surface area contributed by atoms with Gasteiger partial charge in [-0.25, -0.2) is 0 Å². The van der Waals surface area contributed by atoms with Gasteiger partial charge in [0.15, 0.2) is 0 Å². The smallest absolute Gasteiger partial charge is 0.0599 e. The molecule has 0 aliphatic heterocycles. The zero-order valence-corrected chi connectivity index (χ0v) is 7.26. The van der Waals surface area contributed by atoms with Gasteiger partial charge in [-0.05, 0) is 32.9 Å². The number of pyridine rings is 1. The lowest BCUT2D eigenvalue weighted by atomic mass is 10.0. The molecule has 1 heterocycles. The maximum Gasteiger partial charge on any atom is 0.0599 e. The van der Waals surface area contributed by atoms with Crippen molar-refractivity contribution in [1.82, 2.24) is 4.98 Å². The predicted octanol–water partition coefficient (Wildman–Crippen LogP) is 1.58. The summed E-state index contributed by atoms with van der Waals surface area (Å²) < 4.78 is 0. The molecule has 1 rings (SSSR count). The summed E-state index contributed by atoms with van der Waals surface area (Å²) in [5, 5.41) is 0. The van der Waals surface area contributed by atoms with Crippen molar-refractivity contribution in [3.05, 3.63) is 29.6 Å². The molecule has 0 radical (unpaired) electrons. The molecule has 2 N–H and O–H groups in total. The van der Waals surface area contributed by atoms with Crippen molar-refractivity contribution < 1.29 is 0 Å². The van der Waals surface area contributed by atoms with E-state index in [-0.39, 0.29) is 5.54 Å². The molecule has 0 aliphatic carbocycles. The molecule has 60 valence electrons. The molecule has 0 atom stereocenters. The van der Waals surface area contributed by atoms with Crippen LogP contribution in [0.5, 0.6) is 0 Å². The molecule has 11 heavy (non-hydrogen) atoms. The minimum atomic E-state index is -0.327. The molecule has 1 aromatic rings. The Balaban J connectivity index is 3.06. The number of hydrogen-bond acceptors (Lipinski definition) is 2. The van der Waals surface area contributed by atoms with Crippen LogP contribution in [0, 0.1) is 6.92 Å². The number of aryl methyl sites for hydroxylation is 1. The Morgan fingerprint density at radius 2 is 2.00 bits per heavy atom. The summed E-state index contributed by atoms with van der Waals surface area (Å²) in [5.74, 6) is 0. The summed E-state index contributed by atoms with van der Waals surface area (Å²) >= 11 is 0. The Bertz CT molecular complexity index is 248. The van der Waals surface area contributed by atoms with Crippen molar-refractivity contribution in [1.29, 1.82) is 0 Å². The maximum absolute atomic E-state index is 5.86. The lowest BCUT2D eigenvalue weighted by molar-refractivity contribution is 0.533. The van der Waals surface area contributed by atoms with Gasteiger partial charge < -0.3 is 5.73 Å². The standard InChI is InChI=1S/C9H14N2/c1-7-5-4-6-8(11-7)9(2,3)10/h4-6H,10H2,1-3H3. The Morgan fingerprint density at radius 3 is 2.36 bits per heavy atom. The summed E-state index contributed by atoms with van der Waals surface area (Å²) in [6.45, 7) is 5.87. The van der Waals surface area contributed by atoms with Gasteiger partial charge >= 0.3 is 0 Å². The molecular weight excluding hydrogens is 136 g/mol. The SMILES string of the molecule is Cc1cccc(C(C)(C)N)n1. The van der Waals surface area contributed by atoms with E-state index < -0.39 is 0 Å². The van der Waals surface area contributed by atoms with Crippen LogP contribution in [0.1, 0.15) is 25.2 Å². The van der Waals surface area contributed by atoms with E-state index in [0.29, 0.717) is 0 Å². The van der Waals surface area contributed by atoms with Crippen molar-refractivity contribution in [2.45, 2.75) is 26.3 Å². The fraction of sp³-hybridized carbons (Fsp3) is 0.444. The van der Waals surface area contributed by atoms with E-state index in [1.807, 2.05) is 39.0 Å². The summed E-state index contributed by atoms with van der Waals surface area (Å²) in [6.07, 6.45) is 0. The van der Waals surface area contributed by atoms with E-state index in [2.05, 4.69) is 4.98 Å². The van der Waals surface area contributed by atoms with Crippen LogP contribution in [0.2, 0.25) is 0 Å². The molecule has 0 aliphatic rings. The highest BCUT2D eigenvalue weighted by atomic mass is 14.8. The number of nitrogens with two attached hydrogens (primary N) is 1. The van der Waals surface area contributed by atoms with Gasteiger partial charge in [-0.3, -0.25) is 4.98 Å². The third-order valence-electron chi connectivity index (χ3n) is 1.55. The first-order chi connectivity index (χ1) is 5.00. The Hall–Kier alpha value is -0.890. The first kappa shape index (κ1) is 8.21. The zero-order valence-electron chi connectivity index (χ0n) is 7.26. The van der Waals surface area contributed by atoms with Crippen LogP contribution in [-0.2, 0) is 5.54 Å². The highest BCUT2D eigenvalue weighted by Crippen LogP contribution is 2.13. The number of hydrogen-bond donors (Lipinski definition) is 1. The minimum absolute atomic E-state index is 0.327. The summed E-state index contributed by atoms with van der Waals surface area (Å²) in [5.41, 5.74) is 7.49. The highest BCUT2D eigenvalue weighted by molar-refractivity contribution is 5.16. The second kappa shape index (κ2) is 2.62. The largest absolute Gasteiger partial charge is 0.321 e. The lowest BCUT2D eigenvalue weighted by Crippen LogP contribution is -2.29. The first-order valence-electron chi connectivity index (χ1n) is 3.73. The molecule has 0 fully saturated rings. The maximum atomic E-state index is 5.86. The number of nitrogens with zero attached hydrogens (tertiary/aromatic N) is 1. The van der Waals surface area contributed by atoms with Crippen molar-refractivity contribution >= 4 is 0 Å². The Kier molecular flexibility index (Phi) is 1.96. The van der Waals surface area contributed by atoms with E-state index in [9.17, 15) is 0 Å². The van der Waals surface area contributed by atoms with Crippen LogP contribution in [0.15, 0.2) is 18.2 Å². The fourth-order valence-corrected chi connectivity index (χ4v) is 0.902. The van der Waals surface area contributed by atoms with E-state index >= 15 is 0 Å². The van der Waals surface area contributed by atoms with Crippen LogP contribution < -0.4 is 5.73 Å². The normalized spacial score (nSPS) is 11.6. The van der Waals surface area contributed by atoms with Gasteiger partial charge in [0, 0.05) is 5.69 Å². The van der Waals surface area contributed by atoms with Gasteiger partial charge in [-0.15, -0.1) is 0 Å². The minimum Gasteiger partial charge on any atom is -0.321 e. The predicted molar refractivity (Wildman–Crippen MR) is 46.2 cm³/mol. The van der Waals surface area contributed by atoms with Crippen LogP contribution in [0.25, 0.3) is 0 Å². The molecule has 0 spiro atoms. The van der Waals surface area contributed by atoms with E-state index in [1.54, 1.807) is 0 Å². The molecule has 1 aromatic heterocycles. The summed E-state index contributed by atoms with van der Waals surface area (Å²) in [6, 6.07) is 5.90. The highest BCUT2D eigenvalue weighted by Gasteiger charge is 2.14. The van der Waals surface area contributed by atoms with Gasteiger partial charge in [0.05, 0.1) is 11.2 Å². The molecule has 0 saturated carbocycles. The third-order valence-corrected chi connectivity index (χ3v) is 1.55. The molecule has 2 heteroatoms. The van der Waals surface area contributed by atoms with Crippen LogP contribution >= 0.6 is 0 Å². The fourth-order valence-electron chi connectivity index (χ4n) is 0.902. The van der Waals surface area contributed by atoms with Crippen LogP contribution in [0.3, 0.4) is 0 Å². The van der Waals surface area contributed by atoms with Crippen molar-refractivity contribution in [3.63, 3.8) is 0 Å². The molecule has 0 unspecified atom stereocenters. The molecule has 0 aromatic carbocycles. The third kappa shape index (κ3) is 2.02. The van der Waals surface area contributed by atoms with Gasteiger partial charge in [-0.2, -0.15) is 0 Å². The Morgan fingerprint density at radius 1 is 1.36 bits per heavy atom. The average molecular weight is 150 g/mol. The van der Waals surface area contributed by atoms with Gasteiger partial charge in [0.1, 0.15) is 0 Å². The van der Waals surface area contributed by atoms with Gasteiger partial charge in [0.25, 0.3) is 0 Å². The molecule has 0 amide bonds. The molecule has 0 bridgehead atoms. The van der Waals surface area contributed by atoms with Crippen LogP contribution in [0.4, 0.5) is 0 Å². The summed E-state index contributed by atoms with van der Waals surface area (Å²) in [7, 11) is 0. The molecule has 2 nitrogen and oxygen atoms in total. The zero-order chi connectivity index (χ0) is 8.48. The average Bonchev–Trinajstić information content (AvgIpc) is 1.86. The number of aromatic nitrogens is 1.